The molecule has 2 N–H and O–H groups in total. The fourth-order valence-corrected chi connectivity index (χ4v) is 3.29. The van der Waals surface area contributed by atoms with Crippen molar-refractivity contribution >= 4 is 5.91 Å². The van der Waals surface area contributed by atoms with E-state index in [4.69, 9.17) is 10.5 Å². The van der Waals surface area contributed by atoms with Gasteiger partial charge in [0.25, 0.3) is 0 Å². The molecule has 6 heteroatoms. The summed E-state index contributed by atoms with van der Waals surface area (Å²) in [6, 6.07) is 7.83. The number of carbonyl (C=O) groups is 1. The number of methoxy groups -OCH3 is 1. The molecule has 1 atom stereocenters. The first-order chi connectivity index (χ1) is 11.2. The van der Waals surface area contributed by atoms with Crippen molar-refractivity contribution in [3.63, 3.8) is 0 Å². The van der Waals surface area contributed by atoms with E-state index in [1.165, 1.54) is 0 Å². The third-order valence-corrected chi connectivity index (χ3v) is 4.41. The van der Waals surface area contributed by atoms with Crippen LogP contribution in [-0.2, 0) is 16.9 Å². The molecule has 6 nitrogen and oxygen atoms in total. The number of rotatable bonds is 5. The van der Waals surface area contributed by atoms with Crippen LogP contribution >= 0.6 is 0 Å². The summed E-state index contributed by atoms with van der Waals surface area (Å²) in [5.41, 5.74) is 6.59. The second-order valence-electron chi connectivity index (χ2n) is 5.69. The second-order valence-corrected chi connectivity index (χ2v) is 5.69. The van der Waals surface area contributed by atoms with Crippen LogP contribution in [0.3, 0.4) is 0 Å². The summed E-state index contributed by atoms with van der Waals surface area (Å²) in [7, 11) is 1.64. The van der Waals surface area contributed by atoms with Gasteiger partial charge in [-0.25, -0.2) is 0 Å². The van der Waals surface area contributed by atoms with Crippen LogP contribution in [0.4, 0.5) is 0 Å². The highest BCUT2D eigenvalue weighted by atomic mass is 16.5. The summed E-state index contributed by atoms with van der Waals surface area (Å²) in [6.45, 7) is 1.40. The number of ether oxygens (including phenoxy) is 1. The lowest BCUT2D eigenvalue weighted by Gasteiger charge is -2.35. The first-order valence-corrected chi connectivity index (χ1v) is 7.61. The van der Waals surface area contributed by atoms with Gasteiger partial charge in [0.1, 0.15) is 11.3 Å². The Balaban J connectivity index is 1.95. The molecular formula is C17H20N4O2. The van der Waals surface area contributed by atoms with Crippen LogP contribution in [0.25, 0.3) is 0 Å². The van der Waals surface area contributed by atoms with E-state index in [9.17, 15) is 4.79 Å². The number of carbonyl (C=O) groups excluding carboxylic acids is 1. The topological polar surface area (TPSA) is 81.3 Å². The zero-order chi connectivity index (χ0) is 16.3. The zero-order valence-electron chi connectivity index (χ0n) is 13.1. The molecule has 1 aliphatic rings. The molecule has 2 heterocycles. The minimum atomic E-state index is -0.892. The maximum atomic E-state index is 12.3. The number of nitrogens with two attached hydrogens (primary N) is 1. The maximum absolute atomic E-state index is 12.3. The van der Waals surface area contributed by atoms with Crippen LogP contribution in [0.1, 0.15) is 24.1 Å². The minimum Gasteiger partial charge on any atom is -0.497 e. The molecule has 0 unspecified atom stereocenters. The van der Waals surface area contributed by atoms with E-state index >= 15 is 0 Å². The number of primary amides is 1. The van der Waals surface area contributed by atoms with Crippen LogP contribution in [-0.4, -0.2) is 34.4 Å². The van der Waals surface area contributed by atoms with Gasteiger partial charge in [-0.2, -0.15) is 0 Å². The largest absolute Gasteiger partial charge is 0.497 e. The Morgan fingerprint density at radius 3 is 3.00 bits per heavy atom. The first-order valence-electron chi connectivity index (χ1n) is 7.61. The Bertz CT molecular complexity index is 692. The van der Waals surface area contributed by atoms with E-state index in [2.05, 4.69) is 14.9 Å². The summed E-state index contributed by atoms with van der Waals surface area (Å²) in [5, 5.41) is 0. The van der Waals surface area contributed by atoms with Gasteiger partial charge in [-0.05, 0) is 37.1 Å². The van der Waals surface area contributed by atoms with Crippen LogP contribution in [0.15, 0.2) is 42.9 Å². The molecule has 3 rings (SSSR count). The Labute approximate surface area is 135 Å². The van der Waals surface area contributed by atoms with Gasteiger partial charge >= 0.3 is 0 Å². The molecular weight excluding hydrogens is 292 g/mol. The van der Waals surface area contributed by atoms with E-state index in [-0.39, 0.29) is 5.91 Å². The Morgan fingerprint density at radius 2 is 2.30 bits per heavy atom. The van der Waals surface area contributed by atoms with Gasteiger partial charge < -0.3 is 10.5 Å². The highest BCUT2D eigenvalue weighted by Crippen LogP contribution is 2.38. The van der Waals surface area contributed by atoms with Crippen molar-refractivity contribution in [2.45, 2.75) is 24.9 Å². The van der Waals surface area contributed by atoms with Gasteiger partial charge in [0, 0.05) is 18.9 Å². The molecule has 1 aliphatic heterocycles. The Morgan fingerprint density at radius 1 is 1.43 bits per heavy atom. The summed E-state index contributed by atoms with van der Waals surface area (Å²) < 4.78 is 5.27. The second kappa shape index (κ2) is 6.34. The zero-order valence-corrected chi connectivity index (χ0v) is 13.1. The third kappa shape index (κ3) is 2.77. The molecule has 1 saturated heterocycles. The van der Waals surface area contributed by atoms with Crippen LogP contribution in [0, 0.1) is 0 Å². The van der Waals surface area contributed by atoms with E-state index in [1.807, 2.05) is 24.3 Å². The highest BCUT2D eigenvalue weighted by Gasteiger charge is 2.48. The quantitative estimate of drug-likeness (QED) is 0.904. The lowest BCUT2D eigenvalue weighted by Crippen LogP contribution is -2.51. The van der Waals surface area contributed by atoms with Gasteiger partial charge in [0.15, 0.2) is 0 Å². The lowest BCUT2D eigenvalue weighted by molar-refractivity contribution is -0.129. The average Bonchev–Trinajstić information content (AvgIpc) is 3.00. The number of hydrogen-bond acceptors (Lipinski definition) is 5. The molecule has 0 bridgehead atoms. The van der Waals surface area contributed by atoms with Gasteiger partial charge in [0.05, 0.1) is 19.0 Å². The third-order valence-electron chi connectivity index (χ3n) is 4.41. The molecule has 120 valence electrons. The summed E-state index contributed by atoms with van der Waals surface area (Å²) >= 11 is 0. The molecule has 0 aliphatic carbocycles. The molecule has 0 radical (unpaired) electrons. The van der Waals surface area contributed by atoms with Crippen molar-refractivity contribution in [1.29, 1.82) is 0 Å². The number of aromatic nitrogens is 2. The van der Waals surface area contributed by atoms with Gasteiger partial charge in [0.2, 0.25) is 5.91 Å². The summed E-state index contributed by atoms with van der Waals surface area (Å²) in [5.74, 6) is 0.421. The van der Waals surface area contributed by atoms with Crippen molar-refractivity contribution in [2.75, 3.05) is 13.7 Å². The van der Waals surface area contributed by atoms with E-state index in [1.54, 1.807) is 25.7 Å². The molecule has 1 amide bonds. The number of likely N-dealkylation sites (tertiary alicyclic amines) is 1. The molecule has 0 spiro atoms. The predicted octanol–water partition coefficient (Wildman–Crippen LogP) is 1.46. The van der Waals surface area contributed by atoms with E-state index < -0.39 is 5.54 Å². The Hall–Kier alpha value is -2.47. The van der Waals surface area contributed by atoms with E-state index in [0.29, 0.717) is 18.7 Å². The molecule has 2 aromatic rings. The standard InChI is InChI=1S/C17H20N4O2/c1-23-14-5-2-4-13(10-14)12-21-9-3-6-17(21,16(18)22)15-11-19-7-8-20-15/h2,4-5,7-8,10-11H,3,6,9,12H2,1H3,(H2,18,22)/t17-/m1/s1. The average molecular weight is 312 g/mol. The van der Waals surface area contributed by atoms with Gasteiger partial charge in [-0.3, -0.25) is 19.7 Å². The highest BCUT2D eigenvalue weighted by molar-refractivity contribution is 5.86. The van der Waals surface area contributed by atoms with Crippen molar-refractivity contribution in [3.8, 4) is 5.75 Å². The maximum Gasteiger partial charge on any atom is 0.244 e. The number of amides is 1. The van der Waals surface area contributed by atoms with Crippen molar-refractivity contribution in [3.05, 3.63) is 54.1 Å². The van der Waals surface area contributed by atoms with E-state index in [0.717, 1.165) is 24.3 Å². The van der Waals surface area contributed by atoms with Crippen molar-refractivity contribution < 1.29 is 9.53 Å². The summed E-state index contributed by atoms with van der Waals surface area (Å²) in [6.07, 6.45) is 6.38. The van der Waals surface area contributed by atoms with Crippen LogP contribution in [0.2, 0.25) is 0 Å². The molecule has 1 fully saturated rings. The normalized spacial score (nSPS) is 21.3. The van der Waals surface area contributed by atoms with Crippen molar-refractivity contribution in [1.82, 2.24) is 14.9 Å². The van der Waals surface area contributed by atoms with Crippen molar-refractivity contribution in [2.24, 2.45) is 5.73 Å². The molecule has 0 saturated carbocycles. The smallest absolute Gasteiger partial charge is 0.244 e. The number of benzene rings is 1. The monoisotopic (exact) mass is 312 g/mol. The Kier molecular flexibility index (Phi) is 4.25. The molecule has 1 aromatic heterocycles. The number of hydrogen-bond donors (Lipinski definition) is 1. The summed E-state index contributed by atoms with van der Waals surface area (Å²) in [4.78, 5) is 22.9. The predicted molar refractivity (Wildman–Crippen MR) is 85.5 cm³/mol. The first kappa shape index (κ1) is 15.4. The number of nitrogens with zero attached hydrogens (tertiary/aromatic N) is 3. The minimum absolute atomic E-state index is 0.376. The molecule has 23 heavy (non-hydrogen) atoms. The van der Waals surface area contributed by atoms with Crippen LogP contribution < -0.4 is 10.5 Å². The lowest BCUT2D eigenvalue weighted by atomic mass is 9.91. The fourth-order valence-electron chi connectivity index (χ4n) is 3.29. The SMILES string of the molecule is COc1cccc(CN2CCC[C@]2(C(N)=O)c2cnccn2)c1. The fraction of sp³-hybridized carbons (Fsp3) is 0.353. The van der Waals surface area contributed by atoms with Gasteiger partial charge in [-0.1, -0.05) is 12.1 Å². The van der Waals surface area contributed by atoms with Crippen LogP contribution in [0.5, 0.6) is 5.75 Å². The molecule has 1 aromatic carbocycles. The van der Waals surface area contributed by atoms with Gasteiger partial charge in [-0.15, -0.1) is 0 Å².